The van der Waals surface area contributed by atoms with Gasteiger partial charge in [0.05, 0.1) is 18.0 Å². The standard InChI is InChI=1S/C26H32FN5O5/c1-13-10-32(24-20(13)23(28)29-12-30-24)17-9-19(22(34)21(17)33)36-18-6-5-16(27)14-7-8-31(11-15(14)18)25(35)37-26(2,3)4/h5-6,10,12,17,19,21-22,33-34H,7-9,11H2,1-4H3,(H2,28,29,30)/t17-,19+,21+,22-/m1/s1. The molecule has 1 aromatic carbocycles. The maximum atomic E-state index is 14.7. The van der Waals surface area contributed by atoms with Crippen molar-refractivity contribution >= 4 is 22.9 Å². The van der Waals surface area contributed by atoms with Crippen molar-refractivity contribution < 1.29 is 28.9 Å². The van der Waals surface area contributed by atoms with Crippen molar-refractivity contribution in [2.24, 2.45) is 0 Å². The number of aryl methyl sites for hydroxylation is 1. The number of anilines is 1. The first-order valence-electron chi connectivity index (χ1n) is 12.3. The van der Waals surface area contributed by atoms with Crippen LogP contribution in [0.15, 0.2) is 24.7 Å². The number of rotatable bonds is 3. The Morgan fingerprint density at radius 1 is 1.19 bits per heavy atom. The maximum Gasteiger partial charge on any atom is 0.410 e. The topological polar surface area (TPSA) is 136 Å². The summed E-state index contributed by atoms with van der Waals surface area (Å²) in [5.74, 6) is 0.332. The van der Waals surface area contributed by atoms with Crippen LogP contribution in [0.1, 0.15) is 49.9 Å². The second-order valence-electron chi connectivity index (χ2n) is 10.8. The normalized spacial score (nSPS) is 23.8. The Labute approximate surface area is 213 Å². The van der Waals surface area contributed by atoms with Gasteiger partial charge in [-0.2, -0.15) is 0 Å². The van der Waals surface area contributed by atoms with E-state index in [0.717, 1.165) is 5.56 Å². The number of hydrogen-bond acceptors (Lipinski definition) is 8. The van der Waals surface area contributed by atoms with Crippen LogP contribution in [0.2, 0.25) is 0 Å². The Morgan fingerprint density at radius 3 is 2.68 bits per heavy atom. The fraction of sp³-hybridized carbons (Fsp3) is 0.500. The van der Waals surface area contributed by atoms with Crippen molar-refractivity contribution in [3.05, 3.63) is 47.2 Å². The molecule has 0 spiro atoms. The molecule has 37 heavy (non-hydrogen) atoms. The van der Waals surface area contributed by atoms with E-state index < -0.39 is 36.0 Å². The molecule has 4 N–H and O–H groups in total. The third-order valence-corrected chi connectivity index (χ3v) is 7.03. The Morgan fingerprint density at radius 2 is 1.95 bits per heavy atom. The highest BCUT2D eigenvalue weighted by atomic mass is 19.1. The van der Waals surface area contributed by atoms with E-state index in [2.05, 4.69) is 9.97 Å². The van der Waals surface area contributed by atoms with Gasteiger partial charge in [-0.15, -0.1) is 0 Å². The number of benzene rings is 1. The van der Waals surface area contributed by atoms with Crippen molar-refractivity contribution in [2.75, 3.05) is 12.3 Å². The number of aliphatic hydroxyl groups is 2. The number of hydrogen-bond donors (Lipinski definition) is 3. The fourth-order valence-corrected chi connectivity index (χ4v) is 5.27. The SMILES string of the molecule is Cc1cn([C@@H]2C[C@H](Oc3ccc(F)c4c3CN(C(=O)OC(C)(C)C)CC4)[C@@H](O)[C@H]2O)c2ncnc(N)c12. The van der Waals surface area contributed by atoms with E-state index >= 15 is 0 Å². The number of carbonyl (C=O) groups is 1. The summed E-state index contributed by atoms with van der Waals surface area (Å²) in [6.07, 6.45) is 0.184. The quantitative estimate of drug-likeness (QED) is 0.487. The van der Waals surface area contributed by atoms with Crippen LogP contribution >= 0.6 is 0 Å². The number of nitrogens with zero attached hydrogens (tertiary/aromatic N) is 4. The summed E-state index contributed by atoms with van der Waals surface area (Å²) >= 11 is 0. The van der Waals surface area contributed by atoms with E-state index in [-0.39, 0.29) is 18.8 Å². The summed E-state index contributed by atoms with van der Waals surface area (Å²) in [4.78, 5) is 22.6. The molecule has 0 bridgehead atoms. The molecule has 1 saturated carbocycles. The van der Waals surface area contributed by atoms with E-state index in [0.29, 0.717) is 46.7 Å². The lowest BCUT2D eigenvalue weighted by atomic mass is 9.98. The number of nitrogens with two attached hydrogens (primary N) is 1. The van der Waals surface area contributed by atoms with Gasteiger partial charge in [0.25, 0.3) is 0 Å². The zero-order valence-corrected chi connectivity index (χ0v) is 21.3. The molecule has 2 aromatic heterocycles. The van der Waals surface area contributed by atoms with Crippen LogP contribution in [0.3, 0.4) is 0 Å². The summed E-state index contributed by atoms with van der Waals surface area (Å²) in [6.45, 7) is 7.68. The monoisotopic (exact) mass is 513 g/mol. The first-order valence-corrected chi connectivity index (χ1v) is 12.3. The zero-order valence-electron chi connectivity index (χ0n) is 21.3. The average Bonchev–Trinajstić information content (AvgIpc) is 3.31. The number of nitrogen functional groups attached to an aromatic ring is 1. The lowest BCUT2D eigenvalue weighted by Gasteiger charge is -2.32. The highest BCUT2D eigenvalue weighted by Gasteiger charge is 2.45. The van der Waals surface area contributed by atoms with Crippen molar-refractivity contribution in [3.63, 3.8) is 0 Å². The molecule has 10 nitrogen and oxygen atoms in total. The van der Waals surface area contributed by atoms with Crippen LogP contribution in [-0.4, -0.2) is 66.2 Å². The van der Waals surface area contributed by atoms with Gasteiger partial charge in [0.1, 0.15) is 53.3 Å². The van der Waals surface area contributed by atoms with Gasteiger partial charge >= 0.3 is 6.09 Å². The molecule has 3 heterocycles. The largest absolute Gasteiger partial charge is 0.487 e. The molecular weight excluding hydrogens is 481 g/mol. The third kappa shape index (κ3) is 4.57. The molecule has 1 aliphatic heterocycles. The van der Waals surface area contributed by atoms with E-state index in [9.17, 15) is 19.4 Å². The van der Waals surface area contributed by atoms with E-state index in [4.69, 9.17) is 15.2 Å². The van der Waals surface area contributed by atoms with E-state index in [1.54, 1.807) is 25.3 Å². The van der Waals surface area contributed by atoms with Gasteiger partial charge in [0.15, 0.2) is 0 Å². The summed E-state index contributed by atoms with van der Waals surface area (Å²) in [5, 5.41) is 22.6. The highest BCUT2D eigenvalue weighted by Crippen LogP contribution is 2.39. The first kappa shape index (κ1) is 25.2. The molecule has 11 heteroatoms. The Bertz CT molecular complexity index is 1350. The summed E-state index contributed by atoms with van der Waals surface area (Å²) in [5.41, 5.74) is 7.80. The average molecular weight is 514 g/mol. The third-order valence-electron chi connectivity index (χ3n) is 7.03. The molecule has 1 fully saturated rings. The predicted octanol–water partition coefficient (Wildman–Crippen LogP) is 2.87. The molecule has 3 aromatic rings. The number of aliphatic hydroxyl groups excluding tert-OH is 2. The Kier molecular flexibility index (Phi) is 6.23. The maximum absolute atomic E-state index is 14.7. The van der Waals surface area contributed by atoms with Gasteiger partial charge in [-0.3, -0.25) is 0 Å². The van der Waals surface area contributed by atoms with Gasteiger partial charge in [0.2, 0.25) is 0 Å². The molecule has 1 aliphatic carbocycles. The lowest BCUT2D eigenvalue weighted by Crippen LogP contribution is -2.40. The van der Waals surface area contributed by atoms with Gasteiger partial charge in [-0.25, -0.2) is 19.2 Å². The van der Waals surface area contributed by atoms with Crippen LogP contribution in [0.4, 0.5) is 15.0 Å². The van der Waals surface area contributed by atoms with Gasteiger partial charge < -0.3 is 34.9 Å². The van der Waals surface area contributed by atoms with Crippen molar-refractivity contribution in [2.45, 2.75) is 77.0 Å². The first-order chi connectivity index (χ1) is 17.4. The second-order valence-corrected chi connectivity index (χ2v) is 10.8. The van der Waals surface area contributed by atoms with Gasteiger partial charge in [-0.05, 0) is 57.4 Å². The molecule has 1 amide bonds. The molecular formula is C26H32FN5O5. The van der Waals surface area contributed by atoms with Gasteiger partial charge in [0, 0.05) is 24.7 Å². The van der Waals surface area contributed by atoms with Crippen LogP contribution in [0, 0.1) is 12.7 Å². The molecule has 2 aliphatic rings. The number of ether oxygens (including phenoxy) is 2. The van der Waals surface area contributed by atoms with Crippen molar-refractivity contribution in [1.29, 1.82) is 0 Å². The molecule has 0 unspecified atom stereocenters. The van der Waals surface area contributed by atoms with Gasteiger partial charge in [-0.1, -0.05) is 0 Å². The Balaban J connectivity index is 1.41. The van der Waals surface area contributed by atoms with Crippen LogP contribution < -0.4 is 10.5 Å². The summed E-state index contributed by atoms with van der Waals surface area (Å²) in [6, 6.07) is 2.30. The Hall–Kier alpha value is -3.44. The highest BCUT2D eigenvalue weighted by molar-refractivity contribution is 5.89. The second kappa shape index (κ2) is 9.14. The van der Waals surface area contributed by atoms with Crippen LogP contribution in [-0.2, 0) is 17.7 Å². The number of fused-ring (bicyclic) bond motifs is 2. The molecule has 5 rings (SSSR count). The summed E-state index contributed by atoms with van der Waals surface area (Å²) < 4.78 is 28.2. The number of aromatic nitrogens is 3. The van der Waals surface area contributed by atoms with Crippen molar-refractivity contribution in [3.8, 4) is 5.75 Å². The predicted molar refractivity (Wildman–Crippen MR) is 134 cm³/mol. The fourth-order valence-electron chi connectivity index (χ4n) is 5.27. The van der Waals surface area contributed by atoms with E-state index in [1.807, 2.05) is 13.1 Å². The molecule has 0 radical (unpaired) electrons. The number of halogens is 1. The lowest BCUT2D eigenvalue weighted by molar-refractivity contribution is -0.0169. The van der Waals surface area contributed by atoms with Crippen LogP contribution in [0.5, 0.6) is 5.75 Å². The van der Waals surface area contributed by atoms with E-state index in [1.165, 1.54) is 23.4 Å². The number of amides is 1. The minimum absolute atomic E-state index is 0.115. The summed E-state index contributed by atoms with van der Waals surface area (Å²) in [7, 11) is 0. The minimum Gasteiger partial charge on any atom is -0.487 e. The minimum atomic E-state index is -1.20. The molecule has 0 saturated heterocycles. The zero-order chi connectivity index (χ0) is 26.6. The smallest absolute Gasteiger partial charge is 0.410 e. The number of carbonyl (C=O) groups excluding carboxylic acids is 1. The molecule has 4 atom stereocenters. The van der Waals surface area contributed by atoms with Crippen molar-refractivity contribution in [1.82, 2.24) is 19.4 Å². The molecule has 198 valence electrons. The van der Waals surface area contributed by atoms with Crippen LogP contribution in [0.25, 0.3) is 11.0 Å².